The lowest BCUT2D eigenvalue weighted by Gasteiger charge is -2.11. The zero-order valence-electron chi connectivity index (χ0n) is 11.8. The highest BCUT2D eigenvalue weighted by atomic mass is 35.5. The van der Waals surface area contributed by atoms with Crippen LogP contribution < -0.4 is 5.32 Å². The first-order valence-electron chi connectivity index (χ1n) is 6.98. The van der Waals surface area contributed by atoms with Crippen molar-refractivity contribution in [2.24, 2.45) is 5.92 Å². The number of aromatic nitrogens is 2. The summed E-state index contributed by atoms with van der Waals surface area (Å²) in [5.41, 5.74) is 3.47. The zero-order valence-corrected chi connectivity index (χ0v) is 12.5. The monoisotopic (exact) mass is 287 g/mol. The molecule has 2 aromatic rings. The second kappa shape index (κ2) is 5.41. The minimum absolute atomic E-state index is 0.503. The number of benzene rings is 1. The number of nitrogens with zero attached hydrogens (tertiary/aromatic N) is 2. The molecule has 3 rings (SSSR count). The lowest BCUT2D eigenvalue weighted by molar-refractivity contribution is 0.771. The van der Waals surface area contributed by atoms with E-state index in [9.17, 15) is 0 Å². The molecule has 1 saturated carbocycles. The fourth-order valence-electron chi connectivity index (χ4n) is 2.21. The standard InChI is InChI=1S/C16H18ClN3/c1-10-3-4-11(2)13(7-10)18-16-9-14(17)19-15(20-16)8-12-5-6-12/h3-4,7,9,12H,5-6,8H2,1-2H3,(H,18,19,20). The molecular weight excluding hydrogens is 270 g/mol. The molecule has 0 saturated heterocycles. The smallest absolute Gasteiger partial charge is 0.135 e. The van der Waals surface area contributed by atoms with E-state index in [-0.39, 0.29) is 0 Å². The fraction of sp³-hybridized carbons (Fsp3) is 0.375. The van der Waals surface area contributed by atoms with Crippen LogP contribution in [0.2, 0.25) is 5.15 Å². The van der Waals surface area contributed by atoms with Crippen LogP contribution in [-0.2, 0) is 6.42 Å². The highest BCUT2D eigenvalue weighted by Crippen LogP contribution is 2.32. The van der Waals surface area contributed by atoms with Crippen molar-refractivity contribution < 1.29 is 0 Å². The molecule has 1 aromatic carbocycles. The maximum absolute atomic E-state index is 6.10. The Hall–Kier alpha value is -1.61. The van der Waals surface area contributed by atoms with Gasteiger partial charge in [0.2, 0.25) is 0 Å². The van der Waals surface area contributed by atoms with E-state index in [1.54, 1.807) is 6.07 Å². The summed E-state index contributed by atoms with van der Waals surface area (Å²) in [5.74, 6) is 2.36. The van der Waals surface area contributed by atoms with Crippen LogP contribution in [0.5, 0.6) is 0 Å². The van der Waals surface area contributed by atoms with Gasteiger partial charge in [0.1, 0.15) is 16.8 Å². The first kappa shape index (κ1) is 13.4. The lowest BCUT2D eigenvalue weighted by Crippen LogP contribution is -2.02. The summed E-state index contributed by atoms with van der Waals surface area (Å²) < 4.78 is 0. The lowest BCUT2D eigenvalue weighted by atomic mass is 10.1. The highest BCUT2D eigenvalue weighted by Gasteiger charge is 2.23. The third-order valence-corrected chi connectivity index (χ3v) is 3.76. The van der Waals surface area contributed by atoms with Gasteiger partial charge >= 0.3 is 0 Å². The van der Waals surface area contributed by atoms with Gasteiger partial charge in [0.05, 0.1) is 0 Å². The Morgan fingerprint density at radius 3 is 2.75 bits per heavy atom. The summed E-state index contributed by atoms with van der Waals surface area (Å²) in [6.07, 6.45) is 3.51. The van der Waals surface area contributed by atoms with Crippen molar-refractivity contribution in [3.8, 4) is 0 Å². The Morgan fingerprint density at radius 2 is 2.00 bits per heavy atom. The third kappa shape index (κ3) is 3.28. The zero-order chi connectivity index (χ0) is 14.1. The number of nitrogens with one attached hydrogen (secondary N) is 1. The Balaban J connectivity index is 1.85. The van der Waals surface area contributed by atoms with E-state index in [1.807, 2.05) is 0 Å². The molecule has 1 aliphatic rings. The Bertz CT molecular complexity index is 636. The Kier molecular flexibility index (Phi) is 3.62. The summed E-state index contributed by atoms with van der Waals surface area (Å²) >= 11 is 6.10. The molecule has 1 aromatic heterocycles. The molecule has 0 radical (unpaired) electrons. The number of rotatable bonds is 4. The van der Waals surface area contributed by atoms with E-state index in [1.165, 1.54) is 24.0 Å². The van der Waals surface area contributed by atoms with Gasteiger partial charge in [-0.2, -0.15) is 0 Å². The maximum Gasteiger partial charge on any atom is 0.135 e. The average molecular weight is 288 g/mol. The van der Waals surface area contributed by atoms with Crippen molar-refractivity contribution in [1.82, 2.24) is 9.97 Å². The van der Waals surface area contributed by atoms with Crippen LogP contribution in [0.25, 0.3) is 0 Å². The number of anilines is 2. The molecule has 0 bridgehead atoms. The van der Waals surface area contributed by atoms with Crippen LogP contribution in [0.4, 0.5) is 11.5 Å². The molecule has 0 amide bonds. The van der Waals surface area contributed by atoms with Gasteiger partial charge in [0.15, 0.2) is 0 Å². The molecule has 3 nitrogen and oxygen atoms in total. The molecule has 1 heterocycles. The second-order valence-electron chi connectivity index (χ2n) is 5.58. The van der Waals surface area contributed by atoms with Crippen LogP contribution in [0, 0.1) is 19.8 Å². The molecular formula is C16H18ClN3. The molecule has 20 heavy (non-hydrogen) atoms. The van der Waals surface area contributed by atoms with Gasteiger partial charge in [-0.1, -0.05) is 23.7 Å². The minimum Gasteiger partial charge on any atom is -0.340 e. The van der Waals surface area contributed by atoms with Gasteiger partial charge < -0.3 is 5.32 Å². The predicted octanol–water partition coefficient (Wildman–Crippen LogP) is 4.44. The SMILES string of the molecule is Cc1ccc(C)c(Nc2cc(Cl)nc(CC3CC3)n2)c1. The topological polar surface area (TPSA) is 37.8 Å². The van der Waals surface area contributed by atoms with E-state index in [2.05, 4.69) is 47.3 Å². The molecule has 104 valence electrons. The van der Waals surface area contributed by atoms with Crippen LogP contribution >= 0.6 is 11.6 Å². The summed E-state index contributed by atoms with van der Waals surface area (Å²) in [6.45, 7) is 4.16. The summed E-state index contributed by atoms with van der Waals surface area (Å²) in [6, 6.07) is 8.10. The molecule has 4 heteroatoms. The highest BCUT2D eigenvalue weighted by molar-refractivity contribution is 6.29. The van der Waals surface area contributed by atoms with Gasteiger partial charge in [0.25, 0.3) is 0 Å². The summed E-state index contributed by atoms with van der Waals surface area (Å²) in [7, 11) is 0. The molecule has 0 unspecified atom stereocenters. The molecule has 0 atom stereocenters. The van der Waals surface area contributed by atoms with Gasteiger partial charge in [-0.15, -0.1) is 0 Å². The number of hydrogen-bond acceptors (Lipinski definition) is 3. The van der Waals surface area contributed by atoms with Crippen molar-refractivity contribution in [3.63, 3.8) is 0 Å². The normalized spacial score (nSPS) is 14.3. The summed E-state index contributed by atoms with van der Waals surface area (Å²) in [4.78, 5) is 8.88. The van der Waals surface area contributed by atoms with E-state index in [4.69, 9.17) is 11.6 Å². The van der Waals surface area contributed by atoms with E-state index < -0.39 is 0 Å². The van der Waals surface area contributed by atoms with Crippen molar-refractivity contribution >= 4 is 23.1 Å². The average Bonchev–Trinajstić information content (AvgIpc) is 3.17. The maximum atomic E-state index is 6.10. The third-order valence-electron chi connectivity index (χ3n) is 3.57. The van der Waals surface area contributed by atoms with Gasteiger partial charge in [-0.3, -0.25) is 0 Å². The molecule has 1 N–H and O–H groups in total. The van der Waals surface area contributed by atoms with Crippen molar-refractivity contribution in [2.45, 2.75) is 33.1 Å². The van der Waals surface area contributed by atoms with Crippen molar-refractivity contribution in [2.75, 3.05) is 5.32 Å². The van der Waals surface area contributed by atoms with Crippen LogP contribution in [0.1, 0.15) is 29.8 Å². The first-order chi connectivity index (χ1) is 9.60. The van der Waals surface area contributed by atoms with Gasteiger partial charge in [-0.05, 0) is 49.8 Å². The first-order valence-corrected chi connectivity index (χ1v) is 7.36. The van der Waals surface area contributed by atoms with E-state index in [0.29, 0.717) is 5.15 Å². The molecule has 0 spiro atoms. The van der Waals surface area contributed by atoms with Crippen LogP contribution in [0.3, 0.4) is 0 Å². The van der Waals surface area contributed by atoms with E-state index >= 15 is 0 Å². The van der Waals surface area contributed by atoms with Crippen LogP contribution in [-0.4, -0.2) is 9.97 Å². The van der Waals surface area contributed by atoms with Gasteiger partial charge in [-0.25, -0.2) is 9.97 Å². The molecule has 1 fully saturated rings. The number of aryl methyl sites for hydroxylation is 2. The minimum atomic E-state index is 0.503. The second-order valence-corrected chi connectivity index (χ2v) is 5.97. The fourth-order valence-corrected chi connectivity index (χ4v) is 2.41. The van der Waals surface area contributed by atoms with Crippen molar-refractivity contribution in [3.05, 3.63) is 46.4 Å². The number of halogens is 1. The largest absolute Gasteiger partial charge is 0.340 e. The predicted molar refractivity (Wildman–Crippen MR) is 82.7 cm³/mol. The summed E-state index contributed by atoms with van der Waals surface area (Å²) in [5, 5.41) is 3.86. The Labute approximate surface area is 124 Å². The van der Waals surface area contributed by atoms with Crippen LogP contribution in [0.15, 0.2) is 24.3 Å². The quantitative estimate of drug-likeness (QED) is 0.845. The number of hydrogen-bond donors (Lipinski definition) is 1. The van der Waals surface area contributed by atoms with E-state index in [0.717, 1.165) is 29.7 Å². The Morgan fingerprint density at radius 1 is 1.20 bits per heavy atom. The molecule has 1 aliphatic carbocycles. The van der Waals surface area contributed by atoms with Crippen molar-refractivity contribution in [1.29, 1.82) is 0 Å². The molecule has 0 aliphatic heterocycles. The van der Waals surface area contributed by atoms with Gasteiger partial charge in [0, 0.05) is 18.2 Å².